The Morgan fingerprint density at radius 1 is 1.26 bits per heavy atom. The van der Waals surface area contributed by atoms with E-state index < -0.39 is 0 Å². The van der Waals surface area contributed by atoms with Crippen molar-refractivity contribution >= 4 is 5.91 Å². The van der Waals surface area contributed by atoms with Gasteiger partial charge in [0.25, 0.3) is 0 Å². The van der Waals surface area contributed by atoms with E-state index in [1.807, 2.05) is 6.92 Å². The molecule has 0 spiro atoms. The number of carbonyl (C=O) groups is 1. The maximum absolute atomic E-state index is 11.9. The van der Waals surface area contributed by atoms with E-state index in [0.717, 1.165) is 45.6 Å². The number of rotatable bonds is 7. The lowest BCUT2D eigenvalue weighted by atomic mass is 9.82. The highest BCUT2D eigenvalue weighted by Gasteiger charge is 2.28. The van der Waals surface area contributed by atoms with Crippen LogP contribution in [-0.4, -0.2) is 38.3 Å². The molecule has 2 N–H and O–H groups in total. The monoisotopic (exact) mass is 270 g/mol. The summed E-state index contributed by atoms with van der Waals surface area (Å²) in [5.74, 6) is 0.737. The van der Waals surface area contributed by atoms with Crippen LogP contribution in [0.4, 0.5) is 0 Å². The summed E-state index contributed by atoms with van der Waals surface area (Å²) >= 11 is 0. The molecule has 1 fully saturated rings. The summed E-state index contributed by atoms with van der Waals surface area (Å²) in [5.41, 5.74) is 0.269. The average molecular weight is 270 g/mol. The fourth-order valence-corrected chi connectivity index (χ4v) is 2.17. The van der Waals surface area contributed by atoms with Crippen molar-refractivity contribution in [1.82, 2.24) is 10.6 Å². The van der Waals surface area contributed by atoms with Gasteiger partial charge in [-0.1, -0.05) is 20.8 Å². The van der Waals surface area contributed by atoms with E-state index in [4.69, 9.17) is 4.74 Å². The minimum Gasteiger partial charge on any atom is -0.381 e. The molecule has 19 heavy (non-hydrogen) atoms. The second kappa shape index (κ2) is 7.85. The van der Waals surface area contributed by atoms with Gasteiger partial charge in [0, 0.05) is 26.3 Å². The minimum absolute atomic E-state index is 0.108. The van der Waals surface area contributed by atoms with Crippen molar-refractivity contribution < 1.29 is 9.53 Å². The first-order chi connectivity index (χ1) is 8.93. The van der Waals surface area contributed by atoms with E-state index in [0.29, 0.717) is 5.92 Å². The Kier molecular flexibility index (Phi) is 6.80. The molecule has 1 saturated heterocycles. The van der Waals surface area contributed by atoms with Gasteiger partial charge in [0.2, 0.25) is 5.91 Å². The average Bonchev–Trinajstić information content (AvgIpc) is 2.36. The molecule has 1 amide bonds. The fourth-order valence-electron chi connectivity index (χ4n) is 2.17. The van der Waals surface area contributed by atoms with Crippen molar-refractivity contribution in [3.8, 4) is 0 Å². The molecule has 0 aromatic heterocycles. The Hall–Kier alpha value is -0.610. The highest BCUT2D eigenvalue weighted by atomic mass is 16.5. The topological polar surface area (TPSA) is 50.4 Å². The van der Waals surface area contributed by atoms with Gasteiger partial charge in [-0.05, 0) is 37.5 Å². The summed E-state index contributed by atoms with van der Waals surface area (Å²) in [6, 6.07) is -0.119. The van der Waals surface area contributed by atoms with Crippen molar-refractivity contribution in [2.75, 3.05) is 26.3 Å². The van der Waals surface area contributed by atoms with Gasteiger partial charge in [0.1, 0.15) is 0 Å². The molecule has 0 bridgehead atoms. The maximum Gasteiger partial charge on any atom is 0.236 e. The summed E-state index contributed by atoms with van der Waals surface area (Å²) in [4.78, 5) is 11.9. The van der Waals surface area contributed by atoms with Gasteiger partial charge in [-0.2, -0.15) is 0 Å². The van der Waals surface area contributed by atoms with Crippen molar-refractivity contribution in [3.05, 3.63) is 0 Å². The molecule has 1 unspecified atom stereocenters. The van der Waals surface area contributed by atoms with Crippen LogP contribution in [0.1, 0.15) is 47.0 Å². The van der Waals surface area contributed by atoms with Crippen molar-refractivity contribution in [2.45, 2.75) is 53.0 Å². The van der Waals surface area contributed by atoms with Crippen molar-refractivity contribution in [3.63, 3.8) is 0 Å². The SMILES string of the molecule is CC(C)CCNC(=O)C(C)NCC1(C)CCOCC1. The highest BCUT2D eigenvalue weighted by molar-refractivity contribution is 5.81. The van der Waals surface area contributed by atoms with E-state index in [1.54, 1.807) is 0 Å². The zero-order valence-corrected chi connectivity index (χ0v) is 12.9. The summed E-state index contributed by atoms with van der Waals surface area (Å²) < 4.78 is 5.39. The molecule has 0 saturated carbocycles. The van der Waals surface area contributed by atoms with Crippen molar-refractivity contribution in [2.24, 2.45) is 11.3 Å². The van der Waals surface area contributed by atoms with Crippen LogP contribution < -0.4 is 10.6 Å². The van der Waals surface area contributed by atoms with Gasteiger partial charge in [-0.15, -0.1) is 0 Å². The normalized spacial score (nSPS) is 20.3. The quantitative estimate of drug-likeness (QED) is 0.743. The smallest absolute Gasteiger partial charge is 0.236 e. The number of carbonyl (C=O) groups excluding carboxylic acids is 1. The first-order valence-corrected chi connectivity index (χ1v) is 7.52. The molecule has 1 aliphatic heterocycles. The summed E-state index contributed by atoms with van der Waals surface area (Å²) in [6.07, 6.45) is 3.18. The van der Waals surface area contributed by atoms with E-state index in [1.165, 1.54) is 0 Å². The lowest BCUT2D eigenvalue weighted by molar-refractivity contribution is -0.122. The van der Waals surface area contributed by atoms with E-state index >= 15 is 0 Å². The van der Waals surface area contributed by atoms with Crippen LogP contribution in [-0.2, 0) is 9.53 Å². The molecule has 0 aromatic carbocycles. The first-order valence-electron chi connectivity index (χ1n) is 7.52. The molecule has 1 atom stereocenters. The maximum atomic E-state index is 11.9. The second-order valence-electron chi connectivity index (χ2n) is 6.50. The molecule has 1 aliphatic rings. The van der Waals surface area contributed by atoms with Gasteiger partial charge in [0.05, 0.1) is 6.04 Å². The zero-order valence-electron chi connectivity index (χ0n) is 12.9. The zero-order chi connectivity index (χ0) is 14.3. The molecular weight excluding hydrogens is 240 g/mol. The predicted molar refractivity (Wildman–Crippen MR) is 78.1 cm³/mol. The number of amides is 1. The lowest BCUT2D eigenvalue weighted by Crippen LogP contribution is -2.47. The van der Waals surface area contributed by atoms with Gasteiger partial charge < -0.3 is 15.4 Å². The molecule has 112 valence electrons. The van der Waals surface area contributed by atoms with Crippen LogP contribution >= 0.6 is 0 Å². The molecule has 4 heteroatoms. The fraction of sp³-hybridized carbons (Fsp3) is 0.933. The Balaban J connectivity index is 2.22. The van der Waals surface area contributed by atoms with Gasteiger partial charge in [0.15, 0.2) is 0 Å². The third-order valence-corrected chi connectivity index (χ3v) is 3.95. The molecule has 1 rings (SSSR count). The minimum atomic E-state index is -0.119. The van der Waals surface area contributed by atoms with Gasteiger partial charge >= 0.3 is 0 Å². The third kappa shape index (κ3) is 6.39. The largest absolute Gasteiger partial charge is 0.381 e. The summed E-state index contributed by atoms with van der Waals surface area (Å²) in [7, 11) is 0. The Morgan fingerprint density at radius 3 is 2.47 bits per heavy atom. The predicted octanol–water partition coefficient (Wildman–Crippen LogP) is 1.94. The highest BCUT2D eigenvalue weighted by Crippen LogP contribution is 2.28. The van der Waals surface area contributed by atoms with Crippen LogP contribution in [0, 0.1) is 11.3 Å². The number of nitrogens with one attached hydrogen (secondary N) is 2. The molecule has 0 aliphatic carbocycles. The third-order valence-electron chi connectivity index (χ3n) is 3.95. The molecule has 1 heterocycles. The van der Waals surface area contributed by atoms with Crippen molar-refractivity contribution in [1.29, 1.82) is 0 Å². The standard InChI is InChI=1S/C15H30N2O2/c1-12(2)5-8-16-14(18)13(3)17-11-15(4)6-9-19-10-7-15/h12-13,17H,5-11H2,1-4H3,(H,16,18). The lowest BCUT2D eigenvalue weighted by Gasteiger charge is -2.34. The molecule has 0 radical (unpaired) electrons. The van der Waals surface area contributed by atoms with Gasteiger partial charge in [-0.25, -0.2) is 0 Å². The summed E-state index contributed by atoms with van der Waals surface area (Å²) in [6.45, 7) is 11.9. The number of ether oxygens (including phenoxy) is 1. The Labute approximate surface area is 117 Å². The van der Waals surface area contributed by atoms with Crippen LogP contribution in [0.3, 0.4) is 0 Å². The van der Waals surface area contributed by atoms with E-state index in [9.17, 15) is 4.79 Å². The molecule has 4 nitrogen and oxygen atoms in total. The van der Waals surface area contributed by atoms with E-state index in [-0.39, 0.29) is 17.4 Å². The van der Waals surface area contributed by atoms with Crippen LogP contribution in [0.25, 0.3) is 0 Å². The van der Waals surface area contributed by atoms with E-state index in [2.05, 4.69) is 31.4 Å². The number of hydrogen-bond acceptors (Lipinski definition) is 3. The Morgan fingerprint density at radius 2 is 1.89 bits per heavy atom. The van der Waals surface area contributed by atoms with Crippen LogP contribution in [0.2, 0.25) is 0 Å². The summed E-state index contributed by atoms with van der Waals surface area (Å²) in [5, 5.41) is 6.35. The van der Waals surface area contributed by atoms with Crippen LogP contribution in [0.5, 0.6) is 0 Å². The van der Waals surface area contributed by atoms with Crippen LogP contribution in [0.15, 0.2) is 0 Å². The molecule has 0 aromatic rings. The second-order valence-corrected chi connectivity index (χ2v) is 6.50. The Bertz CT molecular complexity index is 273. The first kappa shape index (κ1) is 16.4. The van der Waals surface area contributed by atoms with Gasteiger partial charge in [-0.3, -0.25) is 4.79 Å². The molecular formula is C15H30N2O2. The number of hydrogen-bond donors (Lipinski definition) is 2.